The Morgan fingerprint density at radius 3 is 2.73 bits per heavy atom. The van der Waals surface area contributed by atoms with Crippen LogP contribution >= 0.6 is 11.8 Å². The molecular formula is C10H10F3NS. The molecule has 1 aromatic rings. The van der Waals surface area contributed by atoms with Crippen molar-refractivity contribution in [3.05, 3.63) is 23.8 Å². The summed E-state index contributed by atoms with van der Waals surface area (Å²) in [5, 5.41) is 0. The highest BCUT2D eigenvalue weighted by atomic mass is 32.2. The van der Waals surface area contributed by atoms with E-state index in [9.17, 15) is 13.2 Å². The van der Waals surface area contributed by atoms with Crippen LogP contribution in [0.4, 0.5) is 18.9 Å². The summed E-state index contributed by atoms with van der Waals surface area (Å²) in [6, 6.07) is 3.92. The van der Waals surface area contributed by atoms with Gasteiger partial charge in [0.15, 0.2) is 0 Å². The van der Waals surface area contributed by atoms with E-state index in [1.54, 1.807) is 17.8 Å². The molecule has 2 rings (SSSR count). The molecule has 82 valence electrons. The van der Waals surface area contributed by atoms with E-state index < -0.39 is 11.7 Å². The van der Waals surface area contributed by atoms with Gasteiger partial charge in [0.25, 0.3) is 0 Å². The van der Waals surface area contributed by atoms with E-state index >= 15 is 0 Å². The average molecular weight is 233 g/mol. The Kier molecular flexibility index (Phi) is 2.58. The molecular weight excluding hydrogens is 223 g/mol. The second-order valence-electron chi connectivity index (χ2n) is 3.45. The van der Waals surface area contributed by atoms with E-state index in [2.05, 4.69) is 0 Å². The topological polar surface area (TPSA) is 3.24 Å². The summed E-state index contributed by atoms with van der Waals surface area (Å²) in [7, 11) is 1.82. The predicted molar refractivity (Wildman–Crippen MR) is 55.4 cm³/mol. The van der Waals surface area contributed by atoms with E-state index in [-0.39, 0.29) is 0 Å². The summed E-state index contributed by atoms with van der Waals surface area (Å²) in [6.45, 7) is 0.791. The Morgan fingerprint density at radius 2 is 2.07 bits per heavy atom. The van der Waals surface area contributed by atoms with Gasteiger partial charge >= 0.3 is 6.18 Å². The first-order chi connectivity index (χ1) is 6.98. The molecule has 1 heterocycles. The maximum Gasteiger partial charge on any atom is 0.416 e. The van der Waals surface area contributed by atoms with Gasteiger partial charge in [-0.05, 0) is 18.2 Å². The minimum Gasteiger partial charge on any atom is -0.373 e. The number of anilines is 1. The monoisotopic (exact) mass is 233 g/mol. The molecule has 0 spiro atoms. The Labute approximate surface area is 90.3 Å². The Bertz CT molecular complexity index is 375. The van der Waals surface area contributed by atoms with E-state index in [0.717, 1.165) is 23.3 Å². The van der Waals surface area contributed by atoms with Crippen molar-refractivity contribution in [3.8, 4) is 0 Å². The average Bonchev–Trinajstić information content (AvgIpc) is 2.16. The molecule has 1 aliphatic heterocycles. The van der Waals surface area contributed by atoms with Crippen LogP contribution in [0.1, 0.15) is 5.56 Å². The Morgan fingerprint density at radius 1 is 1.33 bits per heavy atom. The molecule has 0 unspecified atom stereocenters. The van der Waals surface area contributed by atoms with Crippen LogP contribution in [0.25, 0.3) is 0 Å². The van der Waals surface area contributed by atoms with E-state index in [1.807, 2.05) is 11.9 Å². The van der Waals surface area contributed by atoms with Gasteiger partial charge in [0.2, 0.25) is 0 Å². The lowest BCUT2D eigenvalue weighted by Gasteiger charge is -2.27. The van der Waals surface area contributed by atoms with Gasteiger partial charge in [0.1, 0.15) is 0 Å². The van der Waals surface area contributed by atoms with E-state index in [4.69, 9.17) is 0 Å². The Balaban J connectivity index is 2.44. The summed E-state index contributed by atoms with van der Waals surface area (Å²) in [5.41, 5.74) is 0.108. The molecule has 0 aliphatic carbocycles. The van der Waals surface area contributed by atoms with Crippen molar-refractivity contribution in [2.24, 2.45) is 0 Å². The van der Waals surface area contributed by atoms with Crippen LogP contribution in [0.5, 0.6) is 0 Å². The van der Waals surface area contributed by atoms with Gasteiger partial charge in [-0.2, -0.15) is 13.2 Å². The van der Waals surface area contributed by atoms with Gasteiger partial charge < -0.3 is 4.90 Å². The molecule has 5 heteroatoms. The molecule has 1 aromatic carbocycles. The number of fused-ring (bicyclic) bond motifs is 1. The van der Waals surface area contributed by atoms with Crippen LogP contribution in [0.15, 0.2) is 23.1 Å². The highest BCUT2D eigenvalue weighted by Crippen LogP contribution is 2.38. The van der Waals surface area contributed by atoms with E-state index in [0.29, 0.717) is 5.69 Å². The number of rotatable bonds is 0. The standard InChI is InChI=1S/C10H10F3NS/c1-14-4-5-15-9-3-2-7(6-8(9)14)10(11,12)13/h2-3,6H,4-5H2,1H3. The number of thioether (sulfide) groups is 1. The number of hydrogen-bond donors (Lipinski definition) is 0. The number of halogens is 3. The summed E-state index contributed by atoms with van der Waals surface area (Å²) in [6.07, 6.45) is -4.25. The van der Waals surface area contributed by atoms with Crippen LogP contribution in [-0.4, -0.2) is 19.3 Å². The predicted octanol–water partition coefficient (Wildman–Crippen LogP) is 3.25. The first-order valence-electron chi connectivity index (χ1n) is 4.53. The molecule has 0 saturated carbocycles. The van der Waals surface area contributed by atoms with Gasteiger partial charge in [-0.3, -0.25) is 0 Å². The lowest BCUT2D eigenvalue weighted by atomic mass is 10.2. The van der Waals surface area contributed by atoms with Crippen LogP contribution in [0.2, 0.25) is 0 Å². The zero-order valence-electron chi connectivity index (χ0n) is 8.14. The summed E-state index contributed by atoms with van der Waals surface area (Å²) >= 11 is 1.60. The SMILES string of the molecule is CN1CCSc2ccc(C(F)(F)F)cc21. The van der Waals surface area contributed by atoms with Crippen LogP contribution in [0, 0.1) is 0 Å². The molecule has 1 aliphatic rings. The molecule has 0 fully saturated rings. The summed E-state index contributed by atoms with van der Waals surface area (Å²) < 4.78 is 37.4. The Hall–Kier alpha value is -0.840. The molecule has 0 radical (unpaired) electrons. The maximum absolute atomic E-state index is 12.5. The van der Waals surface area contributed by atoms with Crippen molar-refractivity contribution >= 4 is 17.4 Å². The van der Waals surface area contributed by atoms with Gasteiger partial charge in [0.05, 0.1) is 11.3 Å². The minimum absolute atomic E-state index is 0.574. The van der Waals surface area contributed by atoms with Gasteiger partial charge in [0, 0.05) is 24.2 Å². The number of hydrogen-bond acceptors (Lipinski definition) is 2. The van der Waals surface area contributed by atoms with Gasteiger partial charge in [-0.25, -0.2) is 0 Å². The fraction of sp³-hybridized carbons (Fsp3) is 0.400. The third-order valence-corrected chi connectivity index (χ3v) is 3.42. The lowest BCUT2D eigenvalue weighted by molar-refractivity contribution is -0.137. The van der Waals surface area contributed by atoms with Crippen molar-refractivity contribution < 1.29 is 13.2 Å². The van der Waals surface area contributed by atoms with Crippen LogP contribution < -0.4 is 4.90 Å². The van der Waals surface area contributed by atoms with Crippen molar-refractivity contribution in [2.45, 2.75) is 11.1 Å². The number of benzene rings is 1. The zero-order valence-corrected chi connectivity index (χ0v) is 8.95. The molecule has 0 atom stereocenters. The first kappa shape index (κ1) is 10.7. The highest BCUT2D eigenvalue weighted by Gasteiger charge is 2.31. The van der Waals surface area contributed by atoms with Crippen LogP contribution in [0.3, 0.4) is 0 Å². The van der Waals surface area contributed by atoms with Crippen molar-refractivity contribution in [1.29, 1.82) is 0 Å². The molecule has 0 saturated heterocycles. The normalized spacial score (nSPS) is 16.4. The molecule has 0 aromatic heterocycles. The minimum atomic E-state index is -4.25. The zero-order chi connectivity index (χ0) is 11.1. The largest absolute Gasteiger partial charge is 0.416 e. The second-order valence-corrected chi connectivity index (χ2v) is 4.59. The van der Waals surface area contributed by atoms with Gasteiger partial charge in [-0.1, -0.05) is 0 Å². The van der Waals surface area contributed by atoms with Gasteiger partial charge in [-0.15, -0.1) is 11.8 Å². The van der Waals surface area contributed by atoms with Crippen molar-refractivity contribution in [1.82, 2.24) is 0 Å². The quantitative estimate of drug-likeness (QED) is 0.676. The fourth-order valence-electron chi connectivity index (χ4n) is 1.53. The van der Waals surface area contributed by atoms with Crippen LogP contribution in [-0.2, 0) is 6.18 Å². The highest BCUT2D eigenvalue weighted by molar-refractivity contribution is 7.99. The molecule has 0 bridgehead atoms. The van der Waals surface area contributed by atoms with Crippen molar-refractivity contribution in [2.75, 3.05) is 24.2 Å². The number of alkyl halides is 3. The number of nitrogens with zero attached hydrogens (tertiary/aromatic N) is 1. The summed E-state index contributed by atoms with van der Waals surface area (Å²) in [4.78, 5) is 2.79. The van der Waals surface area contributed by atoms with Crippen molar-refractivity contribution in [3.63, 3.8) is 0 Å². The second kappa shape index (κ2) is 3.63. The first-order valence-corrected chi connectivity index (χ1v) is 5.52. The molecule has 15 heavy (non-hydrogen) atoms. The van der Waals surface area contributed by atoms with E-state index in [1.165, 1.54) is 6.07 Å². The molecule has 0 amide bonds. The molecule has 0 N–H and O–H groups in total. The third kappa shape index (κ3) is 2.07. The lowest BCUT2D eigenvalue weighted by Crippen LogP contribution is -2.24. The summed E-state index contributed by atoms with van der Waals surface area (Å²) in [5.74, 6) is 0.925. The third-order valence-electron chi connectivity index (χ3n) is 2.38. The smallest absolute Gasteiger partial charge is 0.373 e. The molecule has 1 nitrogen and oxygen atoms in total. The maximum atomic E-state index is 12.5. The fourth-order valence-corrected chi connectivity index (χ4v) is 2.64.